The molecule has 0 spiro atoms. The molecule has 1 aromatic heterocycles. The Morgan fingerprint density at radius 1 is 1.37 bits per heavy atom. The summed E-state index contributed by atoms with van der Waals surface area (Å²) in [5, 5.41) is 0.476. The van der Waals surface area contributed by atoms with E-state index >= 15 is 0 Å². The molecule has 0 aliphatic rings. The van der Waals surface area contributed by atoms with E-state index in [-0.39, 0.29) is 5.82 Å². The molecule has 1 heterocycles. The Balaban J connectivity index is 2.20. The van der Waals surface area contributed by atoms with Gasteiger partial charge >= 0.3 is 0 Å². The standard InChI is InChI=1S/C13H13ClFN3O/c1-19-13-6-12(17-7-18-13)11(16)5-8-4-9(14)2-3-10(8)15/h2-4,6-7,11H,5,16H2,1H3. The van der Waals surface area contributed by atoms with E-state index in [0.29, 0.717) is 28.6 Å². The fourth-order valence-corrected chi connectivity index (χ4v) is 1.90. The van der Waals surface area contributed by atoms with E-state index in [1.165, 1.54) is 25.6 Å². The lowest BCUT2D eigenvalue weighted by molar-refractivity contribution is 0.395. The lowest BCUT2D eigenvalue weighted by Gasteiger charge is -2.12. The van der Waals surface area contributed by atoms with E-state index in [0.717, 1.165) is 0 Å². The Hall–Kier alpha value is -1.72. The first kappa shape index (κ1) is 13.7. The van der Waals surface area contributed by atoms with Crippen LogP contribution in [0.25, 0.3) is 0 Å². The van der Waals surface area contributed by atoms with Crippen molar-refractivity contribution in [2.45, 2.75) is 12.5 Å². The van der Waals surface area contributed by atoms with Gasteiger partial charge in [-0.25, -0.2) is 14.4 Å². The molecule has 0 amide bonds. The van der Waals surface area contributed by atoms with Gasteiger partial charge in [-0.3, -0.25) is 0 Å². The Kier molecular flexibility index (Phi) is 4.29. The lowest BCUT2D eigenvalue weighted by Crippen LogP contribution is -2.16. The van der Waals surface area contributed by atoms with Crippen molar-refractivity contribution in [3.63, 3.8) is 0 Å². The van der Waals surface area contributed by atoms with Gasteiger partial charge in [-0.05, 0) is 30.2 Å². The molecule has 0 saturated heterocycles. The molecule has 19 heavy (non-hydrogen) atoms. The number of hydrogen-bond donors (Lipinski definition) is 1. The third kappa shape index (κ3) is 3.39. The highest BCUT2D eigenvalue weighted by Gasteiger charge is 2.13. The van der Waals surface area contributed by atoms with Crippen molar-refractivity contribution in [1.82, 2.24) is 9.97 Å². The molecule has 6 heteroatoms. The number of nitrogens with zero attached hydrogens (tertiary/aromatic N) is 2. The van der Waals surface area contributed by atoms with Gasteiger partial charge in [0.2, 0.25) is 5.88 Å². The molecule has 0 fully saturated rings. The Labute approximate surface area is 115 Å². The van der Waals surface area contributed by atoms with Crippen molar-refractivity contribution in [1.29, 1.82) is 0 Å². The number of hydrogen-bond acceptors (Lipinski definition) is 4. The van der Waals surface area contributed by atoms with Crippen molar-refractivity contribution in [2.75, 3.05) is 7.11 Å². The van der Waals surface area contributed by atoms with Crippen LogP contribution in [0.1, 0.15) is 17.3 Å². The Bertz CT molecular complexity index is 580. The first-order chi connectivity index (χ1) is 9.10. The first-order valence-corrected chi connectivity index (χ1v) is 6.03. The third-order valence-electron chi connectivity index (χ3n) is 2.70. The van der Waals surface area contributed by atoms with Crippen LogP contribution < -0.4 is 10.5 Å². The SMILES string of the molecule is COc1cc(C(N)Cc2cc(Cl)ccc2F)ncn1. The number of ether oxygens (including phenoxy) is 1. The number of nitrogens with two attached hydrogens (primary N) is 1. The predicted octanol–water partition coefficient (Wildman–Crippen LogP) is 2.52. The molecule has 0 aliphatic heterocycles. The zero-order chi connectivity index (χ0) is 13.8. The fraction of sp³-hybridized carbons (Fsp3) is 0.231. The number of aromatic nitrogens is 2. The van der Waals surface area contributed by atoms with E-state index in [1.807, 2.05) is 0 Å². The maximum absolute atomic E-state index is 13.6. The molecule has 2 aromatic rings. The van der Waals surface area contributed by atoms with Crippen molar-refractivity contribution < 1.29 is 9.13 Å². The van der Waals surface area contributed by atoms with Crippen LogP contribution >= 0.6 is 11.6 Å². The average molecular weight is 282 g/mol. The summed E-state index contributed by atoms with van der Waals surface area (Å²) in [4.78, 5) is 7.96. The minimum Gasteiger partial charge on any atom is -0.481 e. The van der Waals surface area contributed by atoms with Crippen LogP contribution in [-0.2, 0) is 6.42 Å². The normalized spacial score (nSPS) is 12.2. The topological polar surface area (TPSA) is 61.0 Å². The van der Waals surface area contributed by atoms with Crippen molar-refractivity contribution in [2.24, 2.45) is 5.73 Å². The number of halogens is 2. The zero-order valence-corrected chi connectivity index (χ0v) is 11.1. The lowest BCUT2D eigenvalue weighted by atomic mass is 10.0. The fourth-order valence-electron chi connectivity index (χ4n) is 1.71. The maximum atomic E-state index is 13.6. The van der Waals surface area contributed by atoms with Crippen LogP contribution in [0.2, 0.25) is 5.02 Å². The van der Waals surface area contributed by atoms with Crippen molar-refractivity contribution in [3.05, 3.63) is 52.7 Å². The second kappa shape index (κ2) is 5.95. The molecule has 1 unspecified atom stereocenters. The van der Waals surface area contributed by atoms with Gasteiger partial charge in [0, 0.05) is 11.1 Å². The average Bonchev–Trinajstić information content (AvgIpc) is 2.43. The summed E-state index contributed by atoms with van der Waals surface area (Å²) in [6, 6.07) is 5.57. The van der Waals surface area contributed by atoms with Crippen LogP contribution in [0.5, 0.6) is 5.88 Å². The minimum absolute atomic E-state index is 0.298. The van der Waals surface area contributed by atoms with Crippen LogP contribution in [0.15, 0.2) is 30.6 Å². The number of methoxy groups -OCH3 is 1. The number of benzene rings is 1. The van der Waals surface area contributed by atoms with E-state index in [2.05, 4.69) is 9.97 Å². The second-order valence-electron chi connectivity index (χ2n) is 4.03. The summed E-state index contributed by atoms with van der Waals surface area (Å²) in [7, 11) is 1.51. The summed E-state index contributed by atoms with van der Waals surface area (Å²) in [5.41, 5.74) is 7.06. The van der Waals surface area contributed by atoms with Gasteiger partial charge in [-0.15, -0.1) is 0 Å². The molecule has 2 N–H and O–H groups in total. The molecular formula is C13H13ClFN3O. The van der Waals surface area contributed by atoms with Gasteiger partial charge < -0.3 is 10.5 Å². The van der Waals surface area contributed by atoms with Gasteiger partial charge in [0.15, 0.2) is 0 Å². The van der Waals surface area contributed by atoms with E-state index in [9.17, 15) is 4.39 Å². The van der Waals surface area contributed by atoms with Gasteiger partial charge in [-0.1, -0.05) is 11.6 Å². The maximum Gasteiger partial charge on any atom is 0.216 e. The molecular weight excluding hydrogens is 269 g/mol. The van der Waals surface area contributed by atoms with Crippen LogP contribution in [0.4, 0.5) is 4.39 Å². The highest BCUT2D eigenvalue weighted by atomic mass is 35.5. The molecule has 2 rings (SSSR count). The first-order valence-electron chi connectivity index (χ1n) is 5.65. The summed E-state index contributed by atoms with van der Waals surface area (Å²) >= 11 is 5.84. The predicted molar refractivity (Wildman–Crippen MR) is 70.6 cm³/mol. The van der Waals surface area contributed by atoms with E-state index in [4.69, 9.17) is 22.1 Å². The quantitative estimate of drug-likeness (QED) is 0.935. The summed E-state index contributed by atoms with van der Waals surface area (Å²) in [6.07, 6.45) is 1.66. The Morgan fingerprint density at radius 2 is 2.16 bits per heavy atom. The van der Waals surface area contributed by atoms with Crippen LogP contribution in [-0.4, -0.2) is 17.1 Å². The Morgan fingerprint density at radius 3 is 2.89 bits per heavy atom. The summed E-state index contributed by atoms with van der Waals surface area (Å²) in [6.45, 7) is 0. The highest BCUT2D eigenvalue weighted by molar-refractivity contribution is 6.30. The monoisotopic (exact) mass is 281 g/mol. The van der Waals surface area contributed by atoms with Gasteiger partial charge in [0.25, 0.3) is 0 Å². The van der Waals surface area contributed by atoms with E-state index in [1.54, 1.807) is 12.1 Å². The molecule has 100 valence electrons. The van der Waals surface area contributed by atoms with Crippen LogP contribution in [0.3, 0.4) is 0 Å². The molecule has 4 nitrogen and oxygen atoms in total. The molecule has 0 saturated carbocycles. The molecule has 0 aliphatic carbocycles. The molecule has 0 bridgehead atoms. The summed E-state index contributed by atoms with van der Waals surface area (Å²) < 4.78 is 18.6. The number of rotatable bonds is 4. The largest absolute Gasteiger partial charge is 0.481 e. The smallest absolute Gasteiger partial charge is 0.216 e. The molecule has 1 aromatic carbocycles. The zero-order valence-electron chi connectivity index (χ0n) is 10.3. The minimum atomic E-state index is -0.454. The van der Waals surface area contributed by atoms with Crippen LogP contribution in [0, 0.1) is 5.82 Å². The van der Waals surface area contributed by atoms with Gasteiger partial charge in [0.1, 0.15) is 12.1 Å². The van der Waals surface area contributed by atoms with Crippen molar-refractivity contribution in [3.8, 4) is 5.88 Å². The summed E-state index contributed by atoms with van der Waals surface area (Å²) in [5.74, 6) is 0.0906. The molecule has 0 radical (unpaired) electrons. The highest BCUT2D eigenvalue weighted by Crippen LogP contribution is 2.21. The van der Waals surface area contributed by atoms with Gasteiger partial charge in [0.05, 0.1) is 18.8 Å². The van der Waals surface area contributed by atoms with Crippen molar-refractivity contribution >= 4 is 11.6 Å². The molecule has 1 atom stereocenters. The van der Waals surface area contributed by atoms with Gasteiger partial charge in [-0.2, -0.15) is 0 Å². The van der Waals surface area contributed by atoms with E-state index < -0.39 is 6.04 Å². The second-order valence-corrected chi connectivity index (χ2v) is 4.47. The third-order valence-corrected chi connectivity index (χ3v) is 2.93.